The smallest absolute Gasteiger partial charge is 0.324 e. The van der Waals surface area contributed by atoms with Crippen LogP contribution in [-0.2, 0) is 9.59 Å². The quantitative estimate of drug-likeness (QED) is 0.764. The van der Waals surface area contributed by atoms with E-state index >= 15 is 0 Å². The number of rotatable bonds is 3. The van der Waals surface area contributed by atoms with Crippen molar-refractivity contribution in [3.05, 3.63) is 18.2 Å². The number of benzene rings is 1. The average Bonchev–Trinajstić information content (AvgIpc) is 2.94. The Morgan fingerprint density at radius 1 is 1.43 bits per heavy atom. The van der Waals surface area contributed by atoms with E-state index in [-0.39, 0.29) is 17.8 Å². The van der Waals surface area contributed by atoms with Crippen LogP contribution in [0.4, 0.5) is 16.2 Å². The largest absolute Gasteiger partial charge is 0.479 e. The van der Waals surface area contributed by atoms with Gasteiger partial charge in [-0.1, -0.05) is 0 Å². The van der Waals surface area contributed by atoms with Gasteiger partial charge in [0.2, 0.25) is 0 Å². The summed E-state index contributed by atoms with van der Waals surface area (Å²) in [6.07, 6.45) is -0.532. The zero-order valence-corrected chi connectivity index (χ0v) is 12.9. The summed E-state index contributed by atoms with van der Waals surface area (Å²) >= 11 is 0. The molecule has 2 unspecified atom stereocenters. The predicted octanol–water partition coefficient (Wildman–Crippen LogP) is 0.758. The van der Waals surface area contributed by atoms with E-state index in [1.165, 1.54) is 4.90 Å². The van der Waals surface area contributed by atoms with Crippen LogP contribution in [0, 0.1) is 0 Å². The zero-order valence-electron chi connectivity index (χ0n) is 12.9. The number of hydrogen-bond donors (Lipinski definition) is 3. The van der Waals surface area contributed by atoms with Crippen LogP contribution >= 0.6 is 0 Å². The second kappa shape index (κ2) is 5.79. The van der Waals surface area contributed by atoms with Crippen molar-refractivity contribution in [2.75, 3.05) is 23.7 Å². The van der Waals surface area contributed by atoms with Crippen molar-refractivity contribution in [3.63, 3.8) is 0 Å². The second-order valence-electron chi connectivity index (χ2n) is 5.55. The Kier molecular flexibility index (Phi) is 3.81. The minimum Gasteiger partial charge on any atom is -0.479 e. The normalized spacial score (nSPS) is 21.0. The van der Waals surface area contributed by atoms with Gasteiger partial charge in [-0.2, -0.15) is 0 Å². The highest BCUT2D eigenvalue weighted by Crippen LogP contribution is 2.32. The number of urea groups is 1. The minimum atomic E-state index is -0.573. The Hall–Kier alpha value is -2.77. The Labute approximate surface area is 133 Å². The monoisotopic (exact) mass is 318 g/mol. The topological polar surface area (TPSA) is 99.8 Å². The first kappa shape index (κ1) is 15.1. The molecule has 2 aliphatic rings. The van der Waals surface area contributed by atoms with Crippen LogP contribution < -0.4 is 20.7 Å². The third-order valence-electron chi connectivity index (χ3n) is 3.79. The molecule has 1 saturated heterocycles. The van der Waals surface area contributed by atoms with Crippen molar-refractivity contribution in [2.24, 2.45) is 0 Å². The van der Waals surface area contributed by atoms with Crippen molar-refractivity contribution < 1.29 is 19.1 Å². The molecule has 2 heterocycles. The molecule has 23 heavy (non-hydrogen) atoms. The van der Waals surface area contributed by atoms with E-state index in [0.717, 1.165) is 0 Å². The van der Waals surface area contributed by atoms with Gasteiger partial charge in [0.05, 0.1) is 5.69 Å². The molecule has 8 nitrogen and oxygen atoms in total. The Morgan fingerprint density at radius 2 is 2.22 bits per heavy atom. The molecule has 4 amide bonds. The Bertz CT molecular complexity index is 675. The first-order valence-corrected chi connectivity index (χ1v) is 7.43. The number of fused-ring (bicyclic) bond motifs is 1. The summed E-state index contributed by atoms with van der Waals surface area (Å²) in [4.78, 5) is 36.6. The van der Waals surface area contributed by atoms with Gasteiger partial charge in [0.15, 0.2) is 6.10 Å². The molecule has 0 radical (unpaired) electrons. The third-order valence-corrected chi connectivity index (χ3v) is 3.79. The van der Waals surface area contributed by atoms with Gasteiger partial charge < -0.3 is 20.7 Å². The van der Waals surface area contributed by atoms with Gasteiger partial charge >= 0.3 is 6.03 Å². The molecule has 8 heteroatoms. The minimum absolute atomic E-state index is 0.215. The number of hydrogen-bond acceptors (Lipinski definition) is 5. The fourth-order valence-electron chi connectivity index (χ4n) is 2.53. The summed E-state index contributed by atoms with van der Waals surface area (Å²) in [6.45, 7) is 4.20. The van der Waals surface area contributed by atoms with Gasteiger partial charge in [-0.3, -0.25) is 14.5 Å². The van der Waals surface area contributed by atoms with Gasteiger partial charge in [0, 0.05) is 18.8 Å². The molecule has 0 aromatic heterocycles. The number of nitrogens with zero attached hydrogens (tertiary/aromatic N) is 1. The Morgan fingerprint density at radius 3 is 2.91 bits per heavy atom. The number of amides is 4. The lowest BCUT2D eigenvalue weighted by Gasteiger charge is -2.25. The fourth-order valence-corrected chi connectivity index (χ4v) is 2.53. The second-order valence-corrected chi connectivity index (χ2v) is 5.55. The highest BCUT2D eigenvalue weighted by Gasteiger charge is 2.30. The van der Waals surface area contributed by atoms with E-state index in [2.05, 4.69) is 16.0 Å². The maximum absolute atomic E-state index is 12.3. The van der Waals surface area contributed by atoms with E-state index in [4.69, 9.17) is 4.74 Å². The molecule has 1 fully saturated rings. The van der Waals surface area contributed by atoms with Gasteiger partial charge in [-0.15, -0.1) is 0 Å². The average molecular weight is 318 g/mol. The summed E-state index contributed by atoms with van der Waals surface area (Å²) in [7, 11) is 0. The third kappa shape index (κ3) is 2.92. The summed E-state index contributed by atoms with van der Waals surface area (Å²) in [5.41, 5.74) is 1.21. The molecule has 1 aromatic carbocycles. The SMILES string of the molecule is CC(Nc1ccc2c(c1)NC(=O)C(C)O2)C(=O)N1CCNC1=O. The van der Waals surface area contributed by atoms with Crippen LogP contribution in [0.25, 0.3) is 0 Å². The maximum atomic E-state index is 12.3. The summed E-state index contributed by atoms with van der Waals surface area (Å²) in [5, 5.41) is 8.38. The molecule has 3 rings (SSSR count). The van der Waals surface area contributed by atoms with E-state index in [1.807, 2.05) is 0 Å². The van der Waals surface area contributed by atoms with E-state index in [0.29, 0.717) is 30.2 Å². The lowest BCUT2D eigenvalue weighted by Crippen LogP contribution is -2.43. The maximum Gasteiger partial charge on any atom is 0.324 e. The van der Waals surface area contributed by atoms with Crippen molar-refractivity contribution in [2.45, 2.75) is 26.0 Å². The number of nitrogens with one attached hydrogen (secondary N) is 3. The van der Waals surface area contributed by atoms with Crippen LogP contribution in [-0.4, -0.2) is 48.0 Å². The van der Waals surface area contributed by atoms with Crippen LogP contribution in [0.2, 0.25) is 0 Å². The molecule has 0 spiro atoms. The molecule has 2 aliphatic heterocycles. The summed E-state index contributed by atoms with van der Waals surface area (Å²) in [6, 6.07) is 4.25. The highest BCUT2D eigenvalue weighted by molar-refractivity contribution is 6.00. The predicted molar refractivity (Wildman–Crippen MR) is 83.4 cm³/mol. The molecule has 0 saturated carbocycles. The van der Waals surface area contributed by atoms with Gasteiger partial charge in [0.25, 0.3) is 11.8 Å². The standard InChI is InChI=1S/C15H18N4O4/c1-8(14(21)19-6-5-16-15(19)22)17-10-3-4-12-11(7-10)18-13(20)9(2)23-12/h3-4,7-9,17H,5-6H2,1-2H3,(H,16,22)(H,18,20). The van der Waals surface area contributed by atoms with E-state index in [1.54, 1.807) is 32.0 Å². The van der Waals surface area contributed by atoms with Crippen LogP contribution in [0.1, 0.15) is 13.8 Å². The molecular formula is C15H18N4O4. The highest BCUT2D eigenvalue weighted by atomic mass is 16.5. The van der Waals surface area contributed by atoms with Crippen LogP contribution in [0.5, 0.6) is 5.75 Å². The van der Waals surface area contributed by atoms with Crippen molar-refractivity contribution in [1.82, 2.24) is 10.2 Å². The van der Waals surface area contributed by atoms with Gasteiger partial charge in [0.1, 0.15) is 11.8 Å². The fraction of sp³-hybridized carbons (Fsp3) is 0.400. The number of imide groups is 1. The van der Waals surface area contributed by atoms with Gasteiger partial charge in [-0.05, 0) is 32.0 Å². The molecule has 2 atom stereocenters. The van der Waals surface area contributed by atoms with Gasteiger partial charge in [-0.25, -0.2) is 4.79 Å². The summed E-state index contributed by atoms with van der Waals surface area (Å²) in [5.74, 6) is 0.0692. The van der Waals surface area contributed by atoms with Crippen LogP contribution in [0.15, 0.2) is 18.2 Å². The summed E-state index contributed by atoms with van der Waals surface area (Å²) < 4.78 is 5.48. The van der Waals surface area contributed by atoms with E-state index < -0.39 is 12.1 Å². The number of carbonyl (C=O) groups is 3. The van der Waals surface area contributed by atoms with E-state index in [9.17, 15) is 14.4 Å². The Balaban J connectivity index is 1.71. The molecular weight excluding hydrogens is 300 g/mol. The lowest BCUT2D eigenvalue weighted by molar-refractivity contribution is -0.128. The first-order chi connectivity index (χ1) is 11.0. The zero-order chi connectivity index (χ0) is 16.6. The molecule has 0 bridgehead atoms. The molecule has 122 valence electrons. The molecule has 1 aromatic rings. The molecule has 0 aliphatic carbocycles. The van der Waals surface area contributed by atoms with Crippen molar-refractivity contribution in [1.29, 1.82) is 0 Å². The van der Waals surface area contributed by atoms with Crippen LogP contribution in [0.3, 0.4) is 0 Å². The number of ether oxygens (including phenoxy) is 1. The molecule has 3 N–H and O–H groups in total. The lowest BCUT2D eigenvalue weighted by atomic mass is 10.2. The van der Waals surface area contributed by atoms with Crippen molar-refractivity contribution >= 4 is 29.2 Å². The number of carbonyl (C=O) groups excluding carboxylic acids is 3. The first-order valence-electron chi connectivity index (χ1n) is 7.43. The number of anilines is 2. The van der Waals surface area contributed by atoms with Crippen molar-refractivity contribution in [3.8, 4) is 5.75 Å².